The van der Waals surface area contributed by atoms with Gasteiger partial charge in [-0.3, -0.25) is 14.4 Å². The predicted octanol–water partition coefficient (Wildman–Crippen LogP) is 2.22. The summed E-state index contributed by atoms with van der Waals surface area (Å²) in [6, 6.07) is 11.4. The van der Waals surface area contributed by atoms with Gasteiger partial charge in [-0.1, -0.05) is 30.3 Å². The molecule has 1 heterocycles. The molecule has 0 aliphatic rings. The predicted molar refractivity (Wildman–Crippen MR) is 92.1 cm³/mol. The summed E-state index contributed by atoms with van der Waals surface area (Å²) in [6.07, 6.45) is 0.948. The Kier molecular flexibility index (Phi) is 6.51. The third-order valence-corrected chi connectivity index (χ3v) is 4.16. The second kappa shape index (κ2) is 8.83. The maximum absolute atomic E-state index is 12.1. The van der Waals surface area contributed by atoms with Gasteiger partial charge >= 0.3 is 5.97 Å². The highest BCUT2D eigenvalue weighted by Gasteiger charge is 2.16. The molecule has 0 fully saturated rings. The van der Waals surface area contributed by atoms with Crippen LogP contribution in [0.4, 0.5) is 5.69 Å². The second-order valence-electron chi connectivity index (χ2n) is 4.96. The van der Waals surface area contributed by atoms with Gasteiger partial charge in [0, 0.05) is 6.42 Å². The van der Waals surface area contributed by atoms with Crippen LogP contribution in [0.5, 0.6) is 0 Å². The minimum atomic E-state index is -0.534. The number of nitrogens with one attached hydrogen (secondary N) is 2. The number of esters is 1. The maximum Gasteiger partial charge on any atom is 0.325 e. The molecule has 7 heteroatoms. The zero-order valence-electron chi connectivity index (χ0n) is 13.2. The second-order valence-corrected chi connectivity index (χ2v) is 5.87. The van der Waals surface area contributed by atoms with E-state index in [9.17, 15) is 14.4 Å². The molecule has 0 saturated heterocycles. The Hall–Kier alpha value is -2.67. The number of benzene rings is 1. The van der Waals surface area contributed by atoms with E-state index < -0.39 is 11.9 Å². The summed E-state index contributed by atoms with van der Waals surface area (Å²) in [5.41, 5.74) is 1.52. The van der Waals surface area contributed by atoms with Crippen molar-refractivity contribution in [1.29, 1.82) is 0 Å². The van der Waals surface area contributed by atoms with Crippen molar-refractivity contribution < 1.29 is 19.1 Å². The monoisotopic (exact) mass is 346 g/mol. The third kappa shape index (κ3) is 5.20. The number of thiophene rings is 1. The number of ether oxygens (including phenoxy) is 1. The fourth-order valence-electron chi connectivity index (χ4n) is 2.00. The first kappa shape index (κ1) is 17.7. The van der Waals surface area contributed by atoms with E-state index in [1.807, 2.05) is 30.3 Å². The summed E-state index contributed by atoms with van der Waals surface area (Å²) in [7, 11) is 1.25. The first-order valence-electron chi connectivity index (χ1n) is 7.36. The molecular weight excluding hydrogens is 328 g/mol. The van der Waals surface area contributed by atoms with Gasteiger partial charge in [0.2, 0.25) is 5.91 Å². The van der Waals surface area contributed by atoms with Crippen LogP contribution in [0.1, 0.15) is 21.7 Å². The molecule has 1 aromatic heterocycles. The van der Waals surface area contributed by atoms with E-state index in [1.54, 1.807) is 11.4 Å². The number of rotatable bonds is 7. The van der Waals surface area contributed by atoms with Gasteiger partial charge in [0.15, 0.2) is 0 Å². The zero-order valence-corrected chi connectivity index (χ0v) is 14.0. The molecule has 2 N–H and O–H groups in total. The lowest BCUT2D eigenvalue weighted by atomic mass is 10.1. The number of amides is 2. The lowest BCUT2D eigenvalue weighted by Gasteiger charge is -2.07. The van der Waals surface area contributed by atoms with Crippen LogP contribution < -0.4 is 10.6 Å². The van der Waals surface area contributed by atoms with Crippen LogP contribution in [0.3, 0.4) is 0 Å². The van der Waals surface area contributed by atoms with Crippen molar-refractivity contribution in [2.45, 2.75) is 12.8 Å². The normalized spacial score (nSPS) is 10.0. The van der Waals surface area contributed by atoms with Crippen LogP contribution in [0.2, 0.25) is 0 Å². The molecule has 2 amide bonds. The van der Waals surface area contributed by atoms with E-state index in [4.69, 9.17) is 0 Å². The van der Waals surface area contributed by atoms with E-state index in [2.05, 4.69) is 15.4 Å². The lowest BCUT2D eigenvalue weighted by Crippen LogP contribution is -2.30. The maximum atomic E-state index is 12.1. The molecule has 2 rings (SSSR count). The summed E-state index contributed by atoms with van der Waals surface area (Å²) < 4.78 is 4.47. The number of carbonyl (C=O) groups excluding carboxylic acids is 3. The van der Waals surface area contributed by atoms with Crippen LogP contribution in [-0.4, -0.2) is 31.4 Å². The minimum absolute atomic E-state index is 0.167. The molecule has 2 aromatic rings. The van der Waals surface area contributed by atoms with Crippen LogP contribution in [0.15, 0.2) is 41.8 Å². The molecule has 0 aliphatic heterocycles. The number of anilines is 1. The molecule has 0 spiro atoms. The van der Waals surface area contributed by atoms with E-state index >= 15 is 0 Å². The Morgan fingerprint density at radius 2 is 1.88 bits per heavy atom. The highest BCUT2D eigenvalue weighted by Crippen LogP contribution is 2.22. The van der Waals surface area contributed by atoms with Gasteiger partial charge in [-0.2, -0.15) is 0 Å². The van der Waals surface area contributed by atoms with Gasteiger partial charge in [-0.05, 0) is 23.4 Å². The van der Waals surface area contributed by atoms with Crippen LogP contribution in [-0.2, 0) is 20.7 Å². The zero-order chi connectivity index (χ0) is 17.4. The van der Waals surface area contributed by atoms with E-state index in [1.165, 1.54) is 18.4 Å². The molecule has 0 unspecified atom stereocenters. The van der Waals surface area contributed by atoms with Gasteiger partial charge in [-0.15, -0.1) is 11.3 Å². The number of carbonyl (C=O) groups is 3. The number of hydrogen-bond acceptors (Lipinski definition) is 5. The van der Waals surface area contributed by atoms with Gasteiger partial charge < -0.3 is 15.4 Å². The van der Waals surface area contributed by atoms with Gasteiger partial charge in [0.1, 0.15) is 11.4 Å². The number of methoxy groups -OCH3 is 1. The van der Waals surface area contributed by atoms with Crippen molar-refractivity contribution >= 4 is 34.8 Å². The van der Waals surface area contributed by atoms with Crippen molar-refractivity contribution in [1.82, 2.24) is 5.32 Å². The Morgan fingerprint density at radius 3 is 2.58 bits per heavy atom. The van der Waals surface area contributed by atoms with Crippen molar-refractivity contribution in [2.24, 2.45) is 0 Å². The van der Waals surface area contributed by atoms with Crippen molar-refractivity contribution in [2.75, 3.05) is 19.0 Å². The molecule has 0 radical (unpaired) electrons. The molecule has 0 atom stereocenters. The van der Waals surface area contributed by atoms with Crippen LogP contribution in [0.25, 0.3) is 0 Å². The largest absolute Gasteiger partial charge is 0.468 e. The number of aryl methyl sites for hydroxylation is 1. The molecule has 1 aromatic carbocycles. The molecular formula is C17H18N2O4S. The molecule has 0 aliphatic carbocycles. The first-order chi connectivity index (χ1) is 11.6. The topological polar surface area (TPSA) is 84.5 Å². The smallest absolute Gasteiger partial charge is 0.325 e. The first-order valence-corrected chi connectivity index (χ1v) is 8.24. The molecule has 0 saturated carbocycles. The van der Waals surface area contributed by atoms with Gasteiger partial charge in [0.25, 0.3) is 5.91 Å². The fourth-order valence-corrected chi connectivity index (χ4v) is 2.77. The number of hydrogen-bond donors (Lipinski definition) is 2. The molecule has 6 nitrogen and oxygen atoms in total. The quantitative estimate of drug-likeness (QED) is 0.753. The fraction of sp³-hybridized carbons (Fsp3) is 0.235. The lowest BCUT2D eigenvalue weighted by molar-refractivity contribution is -0.139. The minimum Gasteiger partial charge on any atom is -0.468 e. The molecule has 126 valence electrons. The van der Waals surface area contributed by atoms with E-state index in [0.29, 0.717) is 23.4 Å². The highest BCUT2D eigenvalue weighted by atomic mass is 32.1. The van der Waals surface area contributed by atoms with Crippen molar-refractivity contribution in [3.05, 3.63) is 52.2 Å². The van der Waals surface area contributed by atoms with Gasteiger partial charge in [-0.25, -0.2) is 0 Å². The summed E-state index contributed by atoms with van der Waals surface area (Å²) in [5.74, 6) is -1.12. The summed E-state index contributed by atoms with van der Waals surface area (Å²) in [5, 5.41) is 6.90. The Balaban J connectivity index is 1.88. The van der Waals surface area contributed by atoms with E-state index in [0.717, 1.165) is 5.56 Å². The highest BCUT2D eigenvalue weighted by molar-refractivity contribution is 7.12. The SMILES string of the molecule is COC(=O)CNC(=O)c1sccc1NC(=O)CCc1ccccc1. The summed E-state index contributed by atoms with van der Waals surface area (Å²) in [6.45, 7) is -0.214. The Labute approximate surface area is 143 Å². The Bertz CT molecular complexity index is 712. The van der Waals surface area contributed by atoms with Gasteiger partial charge in [0.05, 0.1) is 12.8 Å². The molecule has 24 heavy (non-hydrogen) atoms. The average Bonchev–Trinajstić information content (AvgIpc) is 3.06. The van der Waals surface area contributed by atoms with Crippen LogP contribution >= 0.6 is 11.3 Å². The average molecular weight is 346 g/mol. The Morgan fingerprint density at radius 1 is 1.12 bits per heavy atom. The third-order valence-electron chi connectivity index (χ3n) is 3.25. The summed E-state index contributed by atoms with van der Waals surface area (Å²) >= 11 is 1.19. The standard InChI is InChI=1S/C17H18N2O4S/c1-23-15(21)11-18-17(22)16-13(9-10-24-16)19-14(20)8-7-12-5-3-2-4-6-12/h2-6,9-10H,7-8,11H2,1H3,(H,18,22)(H,19,20). The molecule has 0 bridgehead atoms. The summed E-state index contributed by atoms with van der Waals surface area (Å²) in [4.78, 5) is 35.5. The van der Waals surface area contributed by atoms with Crippen molar-refractivity contribution in [3.8, 4) is 0 Å². The van der Waals surface area contributed by atoms with Crippen molar-refractivity contribution in [3.63, 3.8) is 0 Å². The van der Waals surface area contributed by atoms with E-state index in [-0.39, 0.29) is 12.5 Å². The van der Waals surface area contributed by atoms with Crippen LogP contribution in [0, 0.1) is 0 Å².